The van der Waals surface area contributed by atoms with E-state index in [4.69, 9.17) is 4.74 Å². The minimum atomic E-state index is 0. The summed E-state index contributed by atoms with van der Waals surface area (Å²) in [7, 11) is 1.72. The molecule has 4 nitrogen and oxygen atoms in total. The van der Waals surface area contributed by atoms with E-state index in [-0.39, 0.29) is 18.3 Å². The highest BCUT2D eigenvalue weighted by Crippen LogP contribution is 2.24. The van der Waals surface area contributed by atoms with Crippen molar-refractivity contribution in [2.45, 2.75) is 33.2 Å². The largest absolute Gasteiger partial charge is 0.496 e. The number of benzene rings is 1. The van der Waals surface area contributed by atoms with E-state index in [1.165, 1.54) is 5.56 Å². The highest BCUT2D eigenvalue weighted by Gasteiger charge is 2.27. The fourth-order valence-corrected chi connectivity index (χ4v) is 3.21. The summed E-state index contributed by atoms with van der Waals surface area (Å²) in [6, 6.07) is 8.17. The smallest absolute Gasteiger partial charge is 0.225 e. The number of hydrogen-bond acceptors (Lipinski definition) is 3. The fraction of sp³-hybridized carbons (Fsp3) is 0.611. The average Bonchev–Trinajstić information content (AvgIpc) is 2.57. The van der Waals surface area contributed by atoms with Gasteiger partial charge in [0.15, 0.2) is 0 Å². The fourth-order valence-electron chi connectivity index (χ4n) is 3.21. The van der Waals surface area contributed by atoms with E-state index in [9.17, 15) is 4.79 Å². The van der Waals surface area contributed by atoms with Crippen LogP contribution in [0.5, 0.6) is 5.75 Å². The topological polar surface area (TPSA) is 32.8 Å². The number of methoxy groups -OCH3 is 1. The Morgan fingerprint density at radius 1 is 1.22 bits per heavy atom. The summed E-state index contributed by atoms with van der Waals surface area (Å²) in [4.78, 5) is 16.8. The first-order valence-electron chi connectivity index (χ1n) is 8.32. The molecule has 0 spiro atoms. The summed E-state index contributed by atoms with van der Waals surface area (Å²) < 4.78 is 5.42. The second-order valence-electron chi connectivity index (χ2n) is 5.87. The zero-order chi connectivity index (χ0) is 15.9. The number of ether oxygens (including phenoxy) is 1. The first-order chi connectivity index (χ1) is 10.7. The number of amides is 1. The number of carbonyl (C=O) groups is 1. The van der Waals surface area contributed by atoms with Crippen LogP contribution in [-0.2, 0) is 11.3 Å². The van der Waals surface area contributed by atoms with Crippen LogP contribution < -0.4 is 4.74 Å². The second-order valence-corrected chi connectivity index (χ2v) is 5.87. The van der Waals surface area contributed by atoms with Gasteiger partial charge in [0, 0.05) is 31.1 Å². The van der Waals surface area contributed by atoms with Crippen LogP contribution in [-0.4, -0.2) is 49.0 Å². The second kappa shape index (κ2) is 9.78. The first kappa shape index (κ1) is 19.8. The third-order valence-electron chi connectivity index (χ3n) is 4.60. The number of nitrogens with zero attached hydrogens (tertiary/aromatic N) is 2. The Bertz CT molecular complexity index is 484. The van der Waals surface area contributed by atoms with Gasteiger partial charge < -0.3 is 9.64 Å². The molecule has 130 valence electrons. The molecule has 0 aromatic heterocycles. The quantitative estimate of drug-likeness (QED) is 0.797. The van der Waals surface area contributed by atoms with Crippen molar-refractivity contribution in [3.8, 4) is 5.75 Å². The number of likely N-dealkylation sites (tertiary alicyclic amines) is 1. The summed E-state index contributed by atoms with van der Waals surface area (Å²) in [5.41, 5.74) is 1.22. The molecule has 0 unspecified atom stereocenters. The zero-order valence-corrected chi connectivity index (χ0v) is 15.3. The lowest BCUT2D eigenvalue weighted by Gasteiger charge is -2.33. The molecule has 0 N–H and O–H groups in total. The number of para-hydroxylation sites is 1. The van der Waals surface area contributed by atoms with Gasteiger partial charge in [-0.3, -0.25) is 9.69 Å². The minimum Gasteiger partial charge on any atom is -0.496 e. The van der Waals surface area contributed by atoms with Crippen LogP contribution in [0.4, 0.5) is 0 Å². The van der Waals surface area contributed by atoms with Gasteiger partial charge in [0.2, 0.25) is 5.91 Å². The molecule has 0 atom stereocenters. The van der Waals surface area contributed by atoms with Crippen LogP contribution in [0.15, 0.2) is 24.3 Å². The summed E-state index contributed by atoms with van der Waals surface area (Å²) in [6.45, 7) is 8.60. The Kier molecular flexibility index (Phi) is 8.42. The van der Waals surface area contributed by atoms with Crippen LogP contribution >= 0.6 is 12.4 Å². The molecule has 1 aliphatic rings. The van der Waals surface area contributed by atoms with Crippen molar-refractivity contribution in [2.75, 3.05) is 33.3 Å². The van der Waals surface area contributed by atoms with Gasteiger partial charge in [0.1, 0.15) is 5.75 Å². The lowest BCUT2D eigenvalue weighted by atomic mass is 9.95. The van der Waals surface area contributed by atoms with Crippen LogP contribution in [0, 0.1) is 5.92 Å². The number of carbonyl (C=O) groups excluding carboxylic acids is 1. The maximum atomic E-state index is 12.4. The predicted molar refractivity (Wildman–Crippen MR) is 96.2 cm³/mol. The monoisotopic (exact) mass is 340 g/mol. The molecule has 0 radical (unpaired) electrons. The predicted octanol–water partition coefficient (Wildman–Crippen LogP) is 3.20. The zero-order valence-electron chi connectivity index (χ0n) is 14.5. The van der Waals surface area contributed by atoms with Crippen LogP contribution in [0.2, 0.25) is 0 Å². The van der Waals surface area contributed by atoms with Gasteiger partial charge >= 0.3 is 0 Å². The van der Waals surface area contributed by atoms with E-state index in [1.807, 2.05) is 17.0 Å². The Morgan fingerprint density at radius 2 is 1.83 bits per heavy atom. The summed E-state index contributed by atoms with van der Waals surface area (Å²) in [5, 5.41) is 0. The molecule has 1 aliphatic heterocycles. The third kappa shape index (κ3) is 5.11. The van der Waals surface area contributed by atoms with Crippen molar-refractivity contribution in [1.29, 1.82) is 0 Å². The van der Waals surface area contributed by atoms with Gasteiger partial charge in [-0.15, -0.1) is 12.4 Å². The van der Waals surface area contributed by atoms with E-state index < -0.39 is 0 Å². The molecule has 2 rings (SSSR count). The first-order valence-corrected chi connectivity index (χ1v) is 8.32. The van der Waals surface area contributed by atoms with E-state index in [0.717, 1.165) is 51.3 Å². The third-order valence-corrected chi connectivity index (χ3v) is 4.60. The highest BCUT2D eigenvalue weighted by molar-refractivity contribution is 5.85. The molecule has 1 heterocycles. The standard InChI is InChI=1S/C18H28N2O2.ClH/c1-4-20(5-2)18(21)15-10-12-19(13-11-15)14-16-8-6-7-9-17(16)22-3;/h6-9,15H,4-5,10-14H2,1-3H3;1H. The molecule has 0 bridgehead atoms. The Balaban J connectivity index is 0.00000264. The van der Waals surface area contributed by atoms with E-state index >= 15 is 0 Å². The summed E-state index contributed by atoms with van der Waals surface area (Å²) in [5.74, 6) is 1.49. The molecule has 5 heteroatoms. The molecule has 1 aromatic carbocycles. The number of hydrogen-bond donors (Lipinski definition) is 0. The molecule has 1 amide bonds. The van der Waals surface area contributed by atoms with Crippen LogP contribution in [0.1, 0.15) is 32.3 Å². The SMILES string of the molecule is CCN(CC)C(=O)C1CCN(Cc2ccccc2OC)CC1.Cl. The Morgan fingerprint density at radius 3 is 2.39 bits per heavy atom. The maximum absolute atomic E-state index is 12.4. The van der Waals surface area contributed by atoms with E-state index in [0.29, 0.717) is 5.91 Å². The summed E-state index contributed by atoms with van der Waals surface area (Å²) >= 11 is 0. The normalized spacial score (nSPS) is 15.8. The van der Waals surface area contributed by atoms with Gasteiger partial charge in [-0.25, -0.2) is 0 Å². The molecule has 23 heavy (non-hydrogen) atoms. The Hall–Kier alpha value is -1.26. The molecular formula is C18H29ClN2O2. The van der Waals surface area contributed by atoms with Gasteiger partial charge in [-0.1, -0.05) is 18.2 Å². The minimum absolute atomic E-state index is 0. The van der Waals surface area contributed by atoms with Crippen molar-refractivity contribution in [2.24, 2.45) is 5.92 Å². The van der Waals surface area contributed by atoms with Crippen molar-refractivity contribution in [3.63, 3.8) is 0 Å². The highest BCUT2D eigenvalue weighted by atomic mass is 35.5. The van der Waals surface area contributed by atoms with Crippen molar-refractivity contribution in [1.82, 2.24) is 9.80 Å². The van der Waals surface area contributed by atoms with E-state index in [1.54, 1.807) is 7.11 Å². The Labute approximate surface area is 146 Å². The van der Waals surface area contributed by atoms with Crippen molar-refractivity contribution >= 4 is 18.3 Å². The number of halogens is 1. The molecule has 1 saturated heterocycles. The van der Waals surface area contributed by atoms with Gasteiger partial charge in [0.25, 0.3) is 0 Å². The summed E-state index contributed by atoms with van der Waals surface area (Å²) in [6.07, 6.45) is 1.93. The van der Waals surface area contributed by atoms with Crippen molar-refractivity contribution in [3.05, 3.63) is 29.8 Å². The lowest BCUT2D eigenvalue weighted by molar-refractivity contribution is -0.136. The number of piperidine rings is 1. The van der Waals surface area contributed by atoms with Crippen molar-refractivity contribution < 1.29 is 9.53 Å². The molecule has 1 aromatic rings. The van der Waals surface area contributed by atoms with Gasteiger partial charge in [-0.05, 0) is 45.8 Å². The van der Waals surface area contributed by atoms with Crippen LogP contribution in [0.25, 0.3) is 0 Å². The van der Waals surface area contributed by atoms with Gasteiger partial charge in [-0.2, -0.15) is 0 Å². The van der Waals surface area contributed by atoms with Gasteiger partial charge in [0.05, 0.1) is 7.11 Å². The number of rotatable bonds is 6. The molecular weight excluding hydrogens is 312 g/mol. The van der Waals surface area contributed by atoms with Crippen LogP contribution in [0.3, 0.4) is 0 Å². The lowest BCUT2D eigenvalue weighted by Crippen LogP contribution is -2.42. The molecule has 0 aliphatic carbocycles. The molecule has 1 fully saturated rings. The molecule has 0 saturated carbocycles. The average molecular weight is 341 g/mol. The van der Waals surface area contributed by atoms with E-state index in [2.05, 4.69) is 30.9 Å². The maximum Gasteiger partial charge on any atom is 0.225 e.